The van der Waals surface area contributed by atoms with Crippen LogP contribution in [0.2, 0.25) is 0 Å². The maximum absolute atomic E-state index is 10.7. The topological polar surface area (TPSA) is 34.1 Å². The summed E-state index contributed by atoms with van der Waals surface area (Å²) in [5.41, 5.74) is 0. The first kappa shape index (κ1) is 8.05. The average molecular weight is 199 g/mol. The van der Waals surface area contributed by atoms with Crippen molar-refractivity contribution in [2.75, 3.05) is 0 Å². The van der Waals surface area contributed by atoms with Gasteiger partial charge in [-0.2, -0.15) is 0 Å². The average Bonchev–Trinajstić information content (AvgIpc) is 1.95. The Labute approximate surface area is 71.7 Å². The van der Waals surface area contributed by atoms with Gasteiger partial charge in [-0.25, -0.2) is 0 Å². The number of carbonyl (C=O) groups excluding carboxylic acids is 2. The molecular weight excluding hydrogens is 198 g/mol. The van der Waals surface area contributed by atoms with E-state index in [2.05, 4.69) is 0 Å². The third-order valence-corrected chi connectivity index (χ3v) is 1.88. The number of rotatable bonds is 0. The van der Waals surface area contributed by atoms with Gasteiger partial charge in [-0.1, -0.05) is 34.8 Å². The van der Waals surface area contributed by atoms with Crippen LogP contribution in [0.5, 0.6) is 0 Å². The zero-order valence-corrected chi connectivity index (χ0v) is 6.80. The van der Waals surface area contributed by atoms with Gasteiger partial charge in [0, 0.05) is 0 Å². The Hall–Kier alpha value is -0.0500. The number of hydrogen-bond acceptors (Lipinski definition) is 2. The Morgan fingerprint density at radius 2 is 1.80 bits per heavy atom. The van der Waals surface area contributed by atoms with Gasteiger partial charge in [-0.05, 0) is 6.08 Å². The molecule has 5 heteroatoms. The van der Waals surface area contributed by atoms with E-state index in [-0.39, 0.29) is 5.03 Å². The predicted molar refractivity (Wildman–Crippen MR) is 38.4 cm³/mol. The van der Waals surface area contributed by atoms with E-state index in [9.17, 15) is 9.59 Å². The summed E-state index contributed by atoms with van der Waals surface area (Å²) in [6.45, 7) is 0. The van der Waals surface area contributed by atoms with Crippen molar-refractivity contribution in [3.8, 4) is 0 Å². The minimum atomic E-state index is -1.74. The summed E-state index contributed by atoms with van der Waals surface area (Å²) >= 11 is 15.9. The lowest BCUT2D eigenvalue weighted by Gasteiger charge is -2.02. The second-order valence-corrected chi connectivity index (χ2v) is 3.57. The first-order chi connectivity index (χ1) is 4.45. The summed E-state index contributed by atoms with van der Waals surface area (Å²) in [7, 11) is 0. The molecule has 0 aromatic rings. The summed E-state index contributed by atoms with van der Waals surface area (Å²) in [5.74, 6) is -1.72. The molecule has 0 atom stereocenters. The number of ketones is 2. The monoisotopic (exact) mass is 198 g/mol. The molecule has 0 aromatic heterocycles. The van der Waals surface area contributed by atoms with E-state index in [0.29, 0.717) is 0 Å². The molecule has 1 aliphatic rings. The molecule has 0 fully saturated rings. The number of alkyl halides is 2. The summed E-state index contributed by atoms with van der Waals surface area (Å²) in [6.07, 6.45) is 1.02. The van der Waals surface area contributed by atoms with Gasteiger partial charge in [-0.15, -0.1) is 0 Å². The van der Waals surface area contributed by atoms with Crippen LogP contribution in [0.3, 0.4) is 0 Å². The molecule has 0 bridgehead atoms. The fourth-order valence-corrected chi connectivity index (χ4v) is 1.30. The third kappa shape index (κ3) is 1.07. The van der Waals surface area contributed by atoms with Gasteiger partial charge in [0.2, 0.25) is 15.9 Å². The molecular formula is C5HCl3O2. The molecule has 10 heavy (non-hydrogen) atoms. The van der Waals surface area contributed by atoms with Crippen LogP contribution < -0.4 is 0 Å². The van der Waals surface area contributed by atoms with Crippen LogP contribution in [-0.4, -0.2) is 15.9 Å². The fraction of sp³-hybridized carbons (Fsp3) is 0.200. The lowest BCUT2D eigenvalue weighted by Crippen LogP contribution is -2.23. The predicted octanol–water partition coefficient (Wildman–Crippen LogP) is 1.43. The maximum Gasteiger partial charge on any atom is 0.244 e. The van der Waals surface area contributed by atoms with Crippen LogP contribution in [0.15, 0.2) is 11.1 Å². The molecule has 0 heterocycles. The quantitative estimate of drug-likeness (QED) is 0.437. The van der Waals surface area contributed by atoms with Crippen molar-refractivity contribution in [1.29, 1.82) is 0 Å². The van der Waals surface area contributed by atoms with Gasteiger partial charge in [0.05, 0.1) is 5.03 Å². The second kappa shape index (κ2) is 2.22. The van der Waals surface area contributed by atoms with Crippen molar-refractivity contribution in [2.45, 2.75) is 4.33 Å². The maximum atomic E-state index is 10.7. The van der Waals surface area contributed by atoms with Gasteiger partial charge >= 0.3 is 0 Å². The first-order valence-corrected chi connectivity index (χ1v) is 3.44. The largest absolute Gasteiger partial charge is 0.287 e. The number of hydrogen-bond donors (Lipinski definition) is 0. The molecule has 0 radical (unpaired) electrons. The number of Topliss-reactive ketones (excluding diaryl/α,β-unsaturated/α-hetero) is 2. The molecule has 2 nitrogen and oxygen atoms in total. The van der Waals surface area contributed by atoms with Crippen molar-refractivity contribution in [3.05, 3.63) is 11.1 Å². The minimum absolute atomic E-state index is 0.213. The number of carbonyl (C=O) groups is 2. The summed E-state index contributed by atoms with van der Waals surface area (Å²) in [6, 6.07) is 0. The Morgan fingerprint density at radius 1 is 1.30 bits per heavy atom. The smallest absolute Gasteiger partial charge is 0.244 e. The van der Waals surface area contributed by atoms with Crippen LogP contribution in [0.25, 0.3) is 0 Å². The highest BCUT2D eigenvalue weighted by atomic mass is 35.5. The van der Waals surface area contributed by atoms with E-state index in [1.165, 1.54) is 0 Å². The van der Waals surface area contributed by atoms with E-state index in [1.807, 2.05) is 0 Å². The van der Waals surface area contributed by atoms with Crippen molar-refractivity contribution < 1.29 is 9.59 Å². The highest BCUT2D eigenvalue weighted by Gasteiger charge is 2.44. The Morgan fingerprint density at radius 3 is 1.90 bits per heavy atom. The van der Waals surface area contributed by atoms with Crippen molar-refractivity contribution >= 4 is 46.4 Å². The number of halogens is 3. The Bertz CT molecular complexity index is 241. The Balaban J connectivity index is 3.10. The van der Waals surface area contributed by atoms with Crippen LogP contribution in [0, 0.1) is 0 Å². The van der Waals surface area contributed by atoms with E-state index in [4.69, 9.17) is 34.8 Å². The van der Waals surface area contributed by atoms with Gasteiger partial charge in [0.15, 0.2) is 0 Å². The third-order valence-electron chi connectivity index (χ3n) is 1.03. The van der Waals surface area contributed by atoms with Crippen LogP contribution in [0.4, 0.5) is 0 Å². The lowest BCUT2D eigenvalue weighted by molar-refractivity contribution is -0.133. The zero-order chi connectivity index (χ0) is 7.94. The molecule has 0 saturated carbocycles. The first-order valence-electron chi connectivity index (χ1n) is 2.30. The lowest BCUT2D eigenvalue weighted by atomic mass is 10.3. The normalized spacial score (nSPS) is 23.3. The molecule has 0 spiro atoms. The van der Waals surface area contributed by atoms with Gasteiger partial charge < -0.3 is 0 Å². The zero-order valence-electron chi connectivity index (χ0n) is 4.53. The Kier molecular flexibility index (Phi) is 1.79. The summed E-state index contributed by atoms with van der Waals surface area (Å²) in [5, 5.41) is -0.213. The molecule has 0 N–H and O–H groups in total. The van der Waals surface area contributed by atoms with Gasteiger partial charge in [0.25, 0.3) is 0 Å². The highest BCUT2D eigenvalue weighted by Crippen LogP contribution is 2.33. The molecule has 0 amide bonds. The molecule has 1 aliphatic carbocycles. The standard InChI is InChI=1S/C5HCl3O2/c6-2-1-5(7,8)4(10)3(2)9/h1H. The molecule has 0 aliphatic heterocycles. The molecule has 54 valence electrons. The van der Waals surface area contributed by atoms with Crippen molar-refractivity contribution in [2.24, 2.45) is 0 Å². The SMILES string of the molecule is O=C1C(=O)C(Cl)(Cl)C=C1Cl. The van der Waals surface area contributed by atoms with Gasteiger partial charge in [0.1, 0.15) is 0 Å². The minimum Gasteiger partial charge on any atom is -0.287 e. The van der Waals surface area contributed by atoms with Gasteiger partial charge in [-0.3, -0.25) is 9.59 Å². The van der Waals surface area contributed by atoms with E-state index in [1.54, 1.807) is 0 Å². The van der Waals surface area contributed by atoms with E-state index >= 15 is 0 Å². The summed E-state index contributed by atoms with van der Waals surface area (Å²) in [4.78, 5) is 21.3. The van der Waals surface area contributed by atoms with E-state index < -0.39 is 15.9 Å². The molecule has 0 saturated heterocycles. The second-order valence-electron chi connectivity index (χ2n) is 1.77. The molecule has 1 rings (SSSR count). The van der Waals surface area contributed by atoms with Crippen LogP contribution in [-0.2, 0) is 9.59 Å². The highest BCUT2D eigenvalue weighted by molar-refractivity contribution is 6.76. The van der Waals surface area contributed by atoms with Crippen LogP contribution >= 0.6 is 34.8 Å². The molecule has 0 unspecified atom stereocenters. The van der Waals surface area contributed by atoms with E-state index in [0.717, 1.165) is 6.08 Å². The molecule has 0 aromatic carbocycles. The van der Waals surface area contributed by atoms with Crippen molar-refractivity contribution in [3.63, 3.8) is 0 Å². The fourth-order valence-electron chi connectivity index (χ4n) is 0.550. The van der Waals surface area contributed by atoms with Crippen LogP contribution in [0.1, 0.15) is 0 Å². The summed E-state index contributed by atoms with van der Waals surface area (Å²) < 4.78 is -1.74. The van der Waals surface area contributed by atoms with Crippen molar-refractivity contribution in [1.82, 2.24) is 0 Å². The number of allylic oxidation sites excluding steroid dienone is 2.